The summed E-state index contributed by atoms with van der Waals surface area (Å²) in [5, 5.41) is 0. The molecule has 0 aliphatic carbocycles. The Balaban J connectivity index is 2.68. The Labute approximate surface area is 95.7 Å². The fourth-order valence-electron chi connectivity index (χ4n) is 1.28. The van der Waals surface area contributed by atoms with Crippen molar-refractivity contribution in [2.45, 2.75) is 13.0 Å². The second kappa shape index (κ2) is 6.08. The van der Waals surface area contributed by atoms with E-state index >= 15 is 0 Å². The summed E-state index contributed by atoms with van der Waals surface area (Å²) < 4.78 is 10.3. The van der Waals surface area contributed by atoms with Gasteiger partial charge >= 0.3 is 0 Å². The van der Waals surface area contributed by atoms with E-state index in [0.717, 1.165) is 5.75 Å². The Morgan fingerprint density at radius 1 is 1.44 bits per heavy atom. The van der Waals surface area contributed by atoms with E-state index in [1.165, 1.54) is 0 Å². The molecule has 3 nitrogen and oxygen atoms in total. The fourth-order valence-corrected chi connectivity index (χ4v) is 1.28. The van der Waals surface area contributed by atoms with E-state index in [4.69, 9.17) is 9.47 Å². The van der Waals surface area contributed by atoms with Crippen LogP contribution in [0.3, 0.4) is 0 Å². The summed E-state index contributed by atoms with van der Waals surface area (Å²) in [7, 11) is 1.59. The molecule has 0 aliphatic heterocycles. The third-order valence-electron chi connectivity index (χ3n) is 2.21. The number of benzene rings is 1. The monoisotopic (exact) mass is 220 g/mol. The molecule has 0 N–H and O–H groups in total. The van der Waals surface area contributed by atoms with E-state index in [-0.39, 0.29) is 5.78 Å². The van der Waals surface area contributed by atoms with E-state index in [1.807, 2.05) is 0 Å². The molecule has 0 radical (unpaired) electrons. The molecule has 0 saturated heterocycles. The van der Waals surface area contributed by atoms with Crippen LogP contribution >= 0.6 is 0 Å². The van der Waals surface area contributed by atoms with Gasteiger partial charge in [0, 0.05) is 5.56 Å². The average Bonchev–Trinajstić information content (AvgIpc) is 2.35. The Morgan fingerprint density at radius 2 is 2.06 bits per heavy atom. The number of rotatable bonds is 6. The summed E-state index contributed by atoms with van der Waals surface area (Å²) in [6.45, 7) is 5.64. The number of carbonyl (C=O) groups is 1. The van der Waals surface area contributed by atoms with E-state index in [9.17, 15) is 4.79 Å². The van der Waals surface area contributed by atoms with Crippen LogP contribution in [0.15, 0.2) is 36.9 Å². The highest BCUT2D eigenvalue weighted by atomic mass is 16.5. The van der Waals surface area contributed by atoms with Gasteiger partial charge in [0.25, 0.3) is 0 Å². The Morgan fingerprint density at radius 3 is 2.56 bits per heavy atom. The minimum atomic E-state index is -0.452. The van der Waals surface area contributed by atoms with Crippen LogP contribution in [0.2, 0.25) is 0 Å². The maximum Gasteiger partial charge on any atom is 0.191 e. The zero-order chi connectivity index (χ0) is 12.0. The number of hydrogen-bond donors (Lipinski definition) is 0. The van der Waals surface area contributed by atoms with Gasteiger partial charge < -0.3 is 9.47 Å². The van der Waals surface area contributed by atoms with Crippen molar-refractivity contribution >= 4 is 5.78 Å². The van der Waals surface area contributed by atoms with Crippen molar-refractivity contribution in [3.05, 3.63) is 42.5 Å². The largest absolute Gasteiger partial charge is 0.497 e. The van der Waals surface area contributed by atoms with E-state index < -0.39 is 6.10 Å². The average molecular weight is 220 g/mol. The zero-order valence-electron chi connectivity index (χ0n) is 9.60. The van der Waals surface area contributed by atoms with Crippen LogP contribution in [0, 0.1) is 0 Å². The molecule has 1 aromatic rings. The highest BCUT2D eigenvalue weighted by molar-refractivity contribution is 5.99. The van der Waals surface area contributed by atoms with Crippen molar-refractivity contribution in [1.82, 2.24) is 0 Å². The lowest BCUT2D eigenvalue weighted by Crippen LogP contribution is -2.20. The first kappa shape index (κ1) is 12.5. The molecule has 0 aliphatic rings. The number of carbonyl (C=O) groups excluding carboxylic acids is 1. The van der Waals surface area contributed by atoms with Gasteiger partial charge in [0.05, 0.1) is 13.7 Å². The molecule has 0 amide bonds. The van der Waals surface area contributed by atoms with Crippen LogP contribution in [0.5, 0.6) is 5.75 Å². The SMILES string of the molecule is C=CCOC(C)C(=O)c1ccc(OC)cc1. The Hall–Kier alpha value is -1.61. The first-order valence-corrected chi connectivity index (χ1v) is 5.09. The summed E-state index contributed by atoms with van der Waals surface area (Å²) in [6.07, 6.45) is 1.17. The second-order valence-corrected chi connectivity index (χ2v) is 3.36. The molecule has 1 atom stereocenters. The summed E-state index contributed by atoms with van der Waals surface area (Å²) in [4.78, 5) is 11.9. The molecule has 0 aromatic heterocycles. The van der Waals surface area contributed by atoms with Crippen LogP contribution in [0.25, 0.3) is 0 Å². The highest BCUT2D eigenvalue weighted by Gasteiger charge is 2.14. The van der Waals surface area contributed by atoms with Crippen LogP contribution in [-0.2, 0) is 4.74 Å². The molecule has 0 heterocycles. The molecule has 0 fully saturated rings. The molecule has 1 rings (SSSR count). The minimum absolute atomic E-state index is 0.0375. The lowest BCUT2D eigenvalue weighted by atomic mass is 10.1. The predicted octanol–water partition coefficient (Wildman–Crippen LogP) is 2.47. The van der Waals surface area contributed by atoms with Gasteiger partial charge in [-0.1, -0.05) is 6.08 Å². The molecule has 0 saturated carbocycles. The summed E-state index contributed by atoms with van der Waals surface area (Å²) in [5.74, 6) is 0.695. The van der Waals surface area contributed by atoms with Gasteiger partial charge in [0.2, 0.25) is 0 Å². The topological polar surface area (TPSA) is 35.5 Å². The minimum Gasteiger partial charge on any atom is -0.497 e. The molecule has 1 aromatic carbocycles. The van der Waals surface area contributed by atoms with E-state index in [2.05, 4.69) is 6.58 Å². The van der Waals surface area contributed by atoms with Crippen molar-refractivity contribution in [2.75, 3.05) is 13.7 Å². The third-order valence-corrected chi connectivity index (χ3v) is 2.21. The zero-order valence-corrected chi connectivity index (χ0v) is 9.60. The number of ketones is 1. The normalized spacial score (nSPS) is 11.9. The first-order valence-electron chi connectivity index (χ1n) is 5.09. The van der Waals surface area contributed by atoms with Crippen molar-refractivity contribution in [3.63, 3.8) is 0 Å². The maximum atomic E-state index is 11.9. The number of methoxy groups -OCH3 is 1. The van der Waals surface area contributed by atoms with Gasteiger partial charge in [-0.05, 0) is 31.2 Å². The van der Waals surface area contributed by atoms with Gasteiger partial charge in [-0.2, -0.15) is 0 Å². The van der Waals surface area contributed by atoms with Gasteiger partial charge in [-0.15, -0.1) is 6.58 Å². The molecule has 0 spiro atoms. The van der Waals surface area contributed by atoms with Gasteiger partial charge in [0.15, 0.2) is 5.78 Å². The summed E-state index contributed by atoms with van der Waals surface area (Å²) in [5.41, 5.74) is 0.623. The molecular weight excluding hydrogens is 204 g/mol. The Bertz CT molecular complexity index is 354. The molecule has 1 unspecified atom stereocenters. The van der Waals surface area contributed by atoms with E-state index in [0.29, 0.717) is 12.2 Å². The number of ether oxygens (including phenoxy) is 2. The first-order chi connectivity index (χ1) is 7.69. The van der Waals surface area contributed by atoms with Crippen LogP contribution in [0.4, 0.5) is 0 Å². The highest BCUT2D eigenvalue weighted by Crippen LogP contribution is 2.13. The van der Waals surface area contributed by atoms with Gasteiger partial charge in [-0.25, -0.2) is 0 Å². The van der Waals surface area contributed by atoms with Crippen molar-refractivity contribution in [3.8, 4) is 5.75 Å². The molecule has 0 bridgehead atoms. The molecular formula is C13H16O3. The molecule has 3 heteroatoms. The summed E-state index contributed by atoms with van der Waals surface area (Å²) in [6, 6.07) is 6.98. The molecule has 16 heavy (non-hydrogen) atoms. The van der Waals surface area contributed by atoms with Crippen LogP contribution < -0.4 is 4.74 Å². The van der Waals surface area contributed by atoms with Crippen molar-refractivity contribution in [2.24, 2.45) is 0 Å². The van der Waals surface area contributed by atoms with Crippen LogP contribution in [0.1, 0.15) is 17.3 Å². The fraction of sp³-hybridized carbons (Fsp3) is 0.308. The van der Waals surface area contributed by atoms with Crippen molar-refractivity contribution < 1.29 is 14.3 Å². The second-order valence-electron chi connectivity index (χ2n) is 3.36. The smallest absolute Gasteiger partial charge is 0.191 e. The summed E-state index contributed by atoms with van der Waals surface area (Å²) >= 11 is 0. The maximum absolute atomic E-state index is 11.9. The van der Waals surface area contributed by atoms with E-state index in [1.54, 1.807) is 44.4 Å². The lowest BCUT2D eigenvalue weighted by molar-refractivity contribution is 0.0566. The lowest BCUT2D eigenvalue weighted by Gasteiger charge is -2.10. The number of hydrogen-bond acceptors (Lipinski definition) is 3. The number of Topliss-reactive ketones (excluding diaryl/α,β-unsaturated/α-hetero) is 1. The van der Waals surface area contributed by atoms with Gasteiger partial charge in [-0.3, -0.25) is 4.79 Å². The van der Waals surface area contributed by atoms with Crippen molar-refractivity contribution in [1.29, 1.82) is 0 Å². The Kier molecular flexibility index (Phi) is 4.73. The predicted molar refractivity (Wildman–Crippen MR) is 62.9 cm³/mol. The molecule has 86 valence electrons. The van der Waals surface area contributed by atoms with Gasteiger partial charge in [0.1, 0.15) is 11.9 Å². The quantitative estimate of drug-likeness (QED) is 0.545. The third kappa shape index (κ3) is 3.21. The standard InChI is InChI=1S/C13H16O3/c1-4-9-16-10(2)13(14)11-5-7-12(15-3)8-6-11/h4-8,10H,1,9H2,2-3H3. The van der Waals surface area contributed by atoms with Crippen LogP contribution in [-0.4, -0.2) is 25.6 Å².